The van der Waals surface area contributed by atoms with Crippen LogP contribution in [0.25, 0.3) is 17.2 Å². The molecule has 0 aliphatic carbocycles. The molecule has 0 aromatic heterocycles. The first-order chi connectivity index (χ1) is 16.8. The van der Waals surface area contributed by atoms with Gasteiger partial charge >= 0.3 is 6.36 Å². The number of halogens is 3. The number of alkyl halides is 3. The summed E-state index contributed by atoms with van der Waals surface area (Å²) in [4.78, 5) is 38.2. The van der Waals surface area contributed by atoms with Gasteiger partial charge in [-0.15, -0.1) is 13.2 Å². The molecule has 190 valence electrons. The number of hydrogen-bond acceptors (Lipinski definition) is 5. The number of carbonyl (C=O) groups excluding carboxylic acids is 3. The molecule has 6 nitrogen and oxygen atoms in total. The second-order valence-electron chi connectivity index (χ2n) is 9.45. The highest BCUT2D eigenvalue weighted by molar-refractivity contribution is 8.18. The summed E-state index contributed by atoms with van der Waals surface area (Å²) in [5.41, 5.74) is 2.95. The predicted molar refractivity (Wildman–Crippen MR) is 133 cm³/mol. The zero-order chi connectivity index (χ0) is 26.4. The predicted octanol–water partition coefficient (Wildman–Crippen LogP) is 6.31. The monoisotopic (exact) mass is 518 g/mol. The van der Waals surface area contributed by atoms with E-state index in [-0.39, 0.29) is 16.4 Å². The Balaban J connectivity index is 1.91. The molecule has 2 aliphatic heterocycles. The van der Waals surface area contributed by atoms with Crippen molar-refractivity contribution < 1.29 is 32.3 Å². The lowest BCUT2D eigenvalue weighted by Gasteiger charge is -2.39. The molecule has 36 heavy (non-hydrogen) atoms. The molecule has 1 N–H and O–H groups in total. The molecular weight excluding hydrogens is 493 g/mol. The number of nitrogens with one attached hydrogen (secondary N) is 1. The Labute approximate surface area is 210 Å². The fourth-order valence-electron chi connectivity index (χ4n) is 4.56. The van der Waals surface area contributed by atoms with Crippen LogP contribution in [-0.2, 0) is 15.0 Å². The molecule has 0 bridgehead atoms. The Morgan fingerprint density at radius 2 is 1.86 bits per heavy atom. The van der Waals surface area contributed by atoms with Crippen LogP contribution < -0.4 is 15.0 Å². The fraction of sp³-hybridized carbons (Fsp3) is 0.346. The number of thioether (sulfide) groups is 1. The summed E-state index contributed by atoms with van der Waals surface area (Å²) >= 11 is 0.718. The number of hydrogen-bond donors (Lipinski definition) is 1. The molecule has 2 heterocycles. The molecule has 2 aromatic carbocycles. The van der Waals surface area contributed by atoms with E-state index >= 15 is 0 Å². The number of benzene rings is 2. The molecule has 3 amide bonds. The number of aryl methyl sites for hydroxylation is 1. The van der Waals surface area contributed by atoms with Gasteiger partial charge in [0, 0.05) is 29.6 Å². The summed E-state index contributed by atoms with van der Waals surface area (Å²) in [6, 6.07) is 7.72. The third-order valence-electron chi connectivity index (χ3n) is 6.16. The van der Waals surface area contributed by atoms with Crippen LogP contribution in [-0.4, -0.2) is 30.0 Å². The number of carbonyl (C=O) groups is 3. The molecule has 4 rings (SSSR count). The molecule has 0 unspecified atom stereocenters. The van der Waals surface area contributed by atoms with Crippen molar-refractivity contribution in [1.82, 2.24) is 5.32 Å². The first kappa shape index (κ1) is 25.8. The molecule has 1 saturated heterocycles. The zero-order valence-electron chi connectivity index (χ0n) is 20.2. The quantitative estimate of drug-likeness (QED) is 0.470. The Morgan fingerprint density at radius 3 is 2.47 bits per heavy atom. The zero-order valence-corrected chi connectivity index (χ0v) is 21.0. The van der Waals surface area contributed by atoms with E-state index in [4.69, 9.17) is 0 Å². The van der Waals surface area contributed by atoms with Gasteiger partial charge in [0.05, 0.1) is 4.91 Å². The number of nitrogens with zero attached hydrogens (tertiary/aromatic N) is 1. The van der Waals surface area contributed by atoms with Crippen LogP contribution in [0.3, 0.4) is 0 Å². The van der Waals surface area contributed by atoms with Gasteiger partial charge in [0.25, 0.3) is 11.1 Å². The Morgan fingerprint density at radius 1 is 1.14 bits per heavy atom. The minimum Gasteiger partial charge on any atom is -0.405 e. The van der Waals surface area contributed by atoms with Gasteiger partial charge in [-0.1, -0.05) is 32.9 Å². The lowest BCUT2D eigenvalue weighted by molar-refractivity contribution is -0.274. The van der Waals surface area contributed by atoms with Crippen LogP contribution in [0.4, 0.5) is 23.7 Å². The van der Waals surface area contributed by atoms with Crippen LogP contribution >= 0.6 is 11.8 Å². The van der Waals surface area contributed by atoms with Gasteiger partial charge in [-0.25, -0.2) is 0 Å². The Hall–Kier alpha value is -3.27. The van der Waals surface area contributed by atoms with Gasteiger partial charge < -0.3 is 9.64 Å². The molecule has 2 aromatic rings. The number of imide groups is 1. The van der Waals surface area contributed by atoms with Gasteiger partial charge in [0.1, 0.15) is 5.75 Å². The van der Waals surface area contributed by atoms with Crippen molar-refractivity contribution in [3.8, 4) is 16.9 Å². The molecule has 0 saturated carbocycles. The van der Waals surface area contributed by atoms with E-state index in [1.54, 1.807) is 17.9 Å². The largest absolute Gasteiger partial charge is 0.573 e. The second kappa shape index (κ2) is 9.31. The molecule has 1 fully saturated rings. The van der Waals surface area contributed by atoms with Crippen LogP contribution in [0.1, 0.15) is 50.3 Å². The maximum atomic E-state index is 13.3. The summed E-state index contributed by atoms with van der Waals surface area (Å²) in [7, 11) is 0. The molecule has 0 spiro atoms. The second-order valence-corrected chi connectivity index (χ2v) is 10.5. The van der Waals surface area contributed by atoms with Crippen LogP contribution in [0.15, 0.2) is 35.2 Å². The summed E-state index contributed by atoms with van der Waals surface area (Å²) in [6.07, 6.45) is -2.42. The molecule has 0 atom stereocenters. The highest BCUT2D eigenvalue weighted by atomic mass is 32.2. The highest BCUT2D eigenvalue weighted by Gasteiger charge is 2.38. The van der Waals surface area contributed by atoms with E-state index in [0.29, 0.717) is 35.3 Å². The minimum absolute atomic E-state index is 0.0386. The molecule has 0 radical (unpaired) electrons. The van der Waals surface area contributed by atoms with E-state index in [1.807, 2.05) is 26.8 Å². The van der Waals surface area contributed by atoms with Gasteiger partial charge in [-0.2, -0.15) is 0 Å². The third kappa shape index (κ3) is 5.13. The summed E-state index contributed by atoms with van der Waals surface area (Å²) in [5, 5.41) is 1.64. The van der Waals surface area contributed by atoms with Crippen molar-refractivity contribution in [3.63, 3.8) is 0 Å². The number of fused-ring (bicyclic) bond motifs is 1. The van der Waals surface area contributed by atoms with Gasteiger partial charge in [0.15, 0.2) is 0 Å². The van der Waals surface area contributed by atoms with Crippen molar-refractivity contribution in [1.29, 1.82) is 0 Å². The van der Waals surface area contributed by atoms with Gasteiger partial charge in [-0.05, 0) is 71.6 Å². The first-order valence-corrected chi connectivity index (χ1v) is 12.2. The average Bonchev–Trinajstić information content (AvgIpc) is 3.07. The number of rotatable bonds is 5. The number of ether oxygens (including phenoxy) is 1. The van der Waals surface area contributed by atoms with E-state index in [0.717, 1.165) is 23.7 Å². The van der Waals surface area contributed by atoms with Gasteiger partial charge in [-0.3, -0.25) is 19.7 Å². The molecular formula is C26H25F3N2O4S. The lowest BCUT2D eigenvalue weighted by Crippen LogP contribution is -2.42. The van der Waals surface area contributed by atoms with E-state index in [1.165, 1.54) is 24.3 Å². The van der Waals surface area contributed by atoms with E-state index < -0.39 is 28.7 Å². The van der Waals surface area contributed by atoms with Crippen molar-refractivity contribution in [2.45, 2.75) is 52.3 Å². The average molecular weight is 519 g/mol. The Kier molecular flexibility index (Phi) is 6.68. The third-order valence-corrected chi connectivity index (χ3v) is 6.97. The van der Waals surface area contributed by atoms with Crippen LogP contribution in [0, 0.1) is 6.92 Å². The normalized spacial score (nSPS) is 18.5. The molecule has 10 heteroatoms. The van der Waals surface area contributed by atoms with E-state index in [9.17, 15) is 27.6 Å². The standard InChI is InChI=1S/C26H25F3N2O4S/c1-5-8-31-19-12-16(14(2)9-18(19)25(3,4)13-22(31)32)17-10-15(6-7-20(17)35-26(27,28)29)11-21-23(33)30-24(34)36-21/h6-7,9-12H,5,8,13H2,1-4H3,(H,30,33,34)/b21-11-. The first-order valence-electron chi connectivity index (χ1n) is 11.4. The maximum Gasteiger partial charge on any atom is 0.573 e. The Bertz CT molecular complexity index is 1300. The molecule has 2 aliphatic rings. The number of amides is 3. The fourth-order valence-corrected chi connectivity index (χ4v) is 5.24. The minimum atomic E-state index is -4.92. The van der Waals surface area contributed by atoms with Gasteiger partial charge in [0.2, 0.25) is 5.91 Å². The summed E-state index contributed by atoms with van der Waals surface area (Å²) < 4.78 is 44.1. The van der Waals surface area contributed by atoms with Crippen molar-refractivity contribution in [2.24, 2.45) is 0 Å². The SMILES string of the molecule is CCCN1C(=O)CC(C)(C)c2cc(C)c(-c3cc(/C=C4\SC(=O)NC4=O)ccc3OC(F)(F)F)cc21. The number of anilines is 1. The summed E-state index contributed by atoms with van der Waals surface area (Å²) in [6.45, 7) is 8.19. The highest BCUT2D eigenvalue weighted by Crippen LogP contribution is 2.45. The van der Waals surface area contributed by atoms with Crippen LogP contribution in [0.2, 0.25) is 0 Å². The topological polar surface area (TPSA) is 75.7 Å². The smallest absolute Gasteiger partial charge is 0.405 e. The lowest BCUT2D eigenvalue weighted by atomic mass is 9.75. The summed E-state index contributed by atoms with van der Waals surface area (Å²) in [5.74, 6) is -1.01. The maximum absolute atomic E-state index is 13.3. The van der Waals surface area contributed by atoms with Crippen molar-refractivity contribution in [3.05, 3.63) is 51.9 Å². The van der Waals surface area contributed by atoms with E-state index in [2.05, 4.69) is 10.1 Å². The van der Waals surface area contributed by atoms with Crippen molar-refractivity contribution in [2.75, 3.05) is 11.4 Å². The van der Waals surface area contributed by atoms with Crippen molar-refractivity contribution >= 4 is 40.6 Å². The van der Waals surface area contributed by atoms with Crippen LogP contribution in [0.5, 0.6) is 5.75 Å².